The van der Waals surface area contributed by atoms with Crippen molar-refractivity contribution in [2.24, 2.45) is 0 Å². The number of hydrogen-bond donors (Lipinski definition) is 0. The van der Waals surface area contributed by atoms with Crippen LogP contribution in [-0.2, 0) is 6.42 Å². The number of aryl methyl sites for hydroxylation is 1. The van der Waals surface area contributed by atoms with E-state index in [1.165, 1.54) is 0 Å². The van der Waals surface area contributed by atoms with Crippen molar-refractivity contribution in [2.45, 2.75) is 26.2 Å². The summed E-state index contributed by atoms with van der Waals surface area (Å²) in [5, 5.41) is 0. The predicted molar refractivity (Wildman–Crippen MR) is 91.4 cm³/mol. The second-order valence-corrected chi connectivity index (χ2v) is 5.85. The Morgan fingerprint density at radius 1 is 0.800 bits per heavy atom. The minimum atomic E-state index is -1.46. The minimum Gasteiger partial charge on any atom is -0.236 e. The molecule has 0 saturated heterocycles. The molecule has 0 saturated carbocycles. The summed E-state index contributed by atoms with van der Waals surface area (Å²) in [6.07, 6.45) is 6.81. The van der Waals surface area contributed by atoms with Gasteiger partial charge in [0, 0.05) is 18.0 Å². The normalized spacial score (nSPS) is 10.9. The molecule has 0 N–H and O–H groups in total. The van der Waals surface area contributed by atoms with Crippen LogP contribution in [0, 0.1) is 17.5 Å². The summed E-state index contributed by atoms with van der Waals surface area (Å²) < 4.78 is 39.8. The van der Waals surface area contributed by atoms with E-state index in [1.807, 2.05) is 12.4 Å². The summed E-state index contributed by atoms with van der Waals surface area (Å²) >= 11 is 0. The quantitative estimate of drug-likeness (QED) is 0.567. The zero-order valence-electron chi connectivity index (χ0n) is 13.8. The Morgan fingerprint density at radius 3 is 1.92 bits per heavy atom. The molecule has 0 unspecified atom stereocenters. The number of halogens is 3. The summed E-state index contributed by atoms with van der Waals surface area (Å²) in [5.74, 6) is -3.28. The highest BCUT2D eigenvalue weighted by molar-refractivity contribution is 5.67. The van der Waals surface area contributed by atoms with Crippen LogP contribution in [0.3, 0.4) is 0 Å². The van der Waals surface area contributed by atoms with Gasteiger partial charge < -0.3 is 0 Å². The Hall–Kier alpha value is -2.69. The highest BCUT2D eigenvalue weighted by atomic mass is 19.2. The van der Waals surface area contributed by atoms with Crippen molar-refractivity contribution in [1.82, 2.24) is 9.97 Å². The highest BCUT2D eigenvalue weighted by Crippen LogP contribution is 2.26. The molecule has 0 aliphatic rings. The van der Waals surface area contributed by atoms with E-state index in [0.29, 0.717) is 11.4 Å². The number of aromatic nitrogens is 2. The molecule has 1 heterocycles. The third-order valence-corrected chi connectivity index (χ3v) is 3.98. The van der Waals surface area contributed by atoms with E-state index in [9.17, 15) is 13.2 Å². The maximum atomic E-state index is 13.4. The molecule has 0 radical (unpaired) electrons. The molecule has 25 heavy (non-hydrogen) atoms. The standard InChI is InChI=1S/C20H17F3N2/c1-2-3-4-13-11-24-20(25-12-13)15-7-5-14(6-8-15)16-9-17(21)19(23)18(22)10-16/h5-12H,2-4H2,1H3. The molecule has 0 atom stereocenters. The van der Waals surface area contributed by atoms with E-state index in [0.717, 1.165) is 42.5 Å². The van der Waals surface area contributed by atoms with Gasteiger partial charge >= 0.3 is 0 Å². The summed E-state index contributed by atoms with van der Waals surface area (Å²) in [5.41, 5.74) is 2.76. The first kappa shape index (κ1) is 17.1. The van der Waals surface area contributed by atoms with E-state index >= 15 is 0 Å². The van der Waals surface area contributed by atoms with Crippen molar-refractivity contribution in [3.8, 4) is 22.5 Å². The van der Waals surface area contributed by atoms with Gasteiger partial charge in [0.15, 0.2) is 23.3 Å². The summed E-state index contributed by atoms with van der Waals surface area (Å²) in [4.78, 5) is 8.73. The lowest BCUT2D eigenvalue weighted by molar-refractivity contribution is 0.448. The summed E-state index contributed by atoms with van der Waals surface area (Å²) in [6.45, 7) is 2.13. The lowest BCUT2D eigenvalue weighted by atomic mass is 10.0. The molecule has 0 bridgehead atoms. The maximum Gasteiger partial charge on any atom is 0.194 e. The Labute approximate surface area is 144 Å². The first-order chi connectivity index (χ1) is 12.1. The Morgan fingerprint density at radius 2 is 1.36 bits per heavy atom. The van der Waals surface area contributed by atoms with Crippen LogP contribution in [-0.4, -0.2) is 9.97 Å². The van der Waals surface area contributed by atoms with Crippen LogP contribution in [0.25, 0.3) is 22.5 Å². The smallest absolute Gasteiger partial charge is 0.194 e. The molecular formula is C20H17F3N2. The predicted octanol–water partition coefficient (Wildman–Crippen LogP) is 5.57. The second-order valence-electron chi connectivity index (χ2n) is 5.85. The van der Waals surface area contributed by atoms with Gasteiger partial charge in [-0.2, -0.15) is 0 Å². The van der Waals surface area contributed by atoms with Crippen molar-refractivity contribution in [3.05, 3.63) is 71.8 Å². The molecule has 0 aliphatic heterocycles. The van der Waals surface area contributed by atoms with E-state index in [1.54, 1.807) is 24.3 Å². The van der Waals surface area contributed by atoms with Crippen LogP contribution in [0.15, 0.2) is 48.8 Å². The monoisotopic (exact) mass is 342 g/mol. The molecule has 2 aromatic carbocycles. The molecule has 5 heteroatoms. The van der Waals surface area contributed by atoms with Crippen molar-refractivity contribution in [1.29, 1.82) is 0 Å². The fourth-order valence-electron chi connectivity index (χ4n) is 2.55. The van der Waals surface area contributed by atoms with Gasteiger partial charge in [-0.1, -0.05) is 37.6 Å². The van der Waals surface area contributed by atoms with Gasteiger partial charge in [-0.3, -0.25) is 0 Å². The number of unbranched alkanes of at least 4 members (excludes halogenated alkanes) is 1. The average Bonchev–Trinajstić information content (AvgIpc) is 2.64. The van der Waals surface area contributed by atoms with Gasteiger partial charge in [0.25, 0.3) is 0 Å². The molecule has 2 nitrogen and oxygen atoms in total. The highest BCUT2D eigenvalue weighted by Gasteiger charge is 2.12. The van der Waals surface area contributed by atoms with Crippen LogP contribution in [0.1, 0.15) is 25.3 Å². The van der Waals surface area contributed by atoms with E-state index < -0.39 is 17.5 Å². The van der Waals surface area contributed by atoms with Gasteiger partial charge in [0.05, 0.1) is 0 Å². The molecule has 1 aromatic heterocycles. The average molecular weight is 342 g/mol. The Bertz CT molecular complexity index is 836. The number of rotatable bonds is 5. The Kier molecular flexibility index (Phi) is 5.12. The number of hydrogen-bond acceptors (Lipinski definition) is 2. The fourth-order valence-corrected chi connectivity index (χ4v) is 2.55. The van der Waals surface area contributed by atoms with Crippen molar-refractivity contribution in [3.63, 3.8) is 0 Å². The zero-order valence-corrected chi connectivity index (χ0v) is 13.8. The van der Waals surface area contributed by atoms with E-state index in [-0.39, 0.29) is 5.56 Å². The molecule has 0 aliphatic carbocycles. The fraction of sp³-hybridized carbons (Fsp3) is 0.200. The van der Waals surface area contributed by atoms with Crippen molar-refractivity contribution < 1.29 is 13.2 Å². The van der Waals surface area contributed by atoms with Crippen LogP contribution in [0.5, 0.6) is 0 Å². The van der Waals surface area contributed by atoms with E-state index in [4.69, 9.17) is 0 Å². The molecule has 3 rings (SSSR count). The SMILES string of the molecule is CCCCc1cnc(-c2ccc(-c3cc(F)c(F)c(F)c3)cc2)nc1. The molecule has 128 valence electrons. The maximum absolute atomic E-state index is 13.4. The van der Waals surface area contributed by atoms with Gasteiger partial charge in [0.1, 0.15) is 0 Å². The largest absolute Gasteiger partial charge is 0.236 e. The van der Waals surface area contributed by atoms with Crippen LogP contribution in [0.2, 0.25) is 0 Å². The third-order valence-electron chi connectivity index (χ3n) is 3.98. The van der Waals surface area contributed by atoms with Gasteiger partial charge in [-0.25, -0.2) is 23.1 Å². The first-order valence-corrected chi connectivity index (χ1v) is 8.14. The van der Waals surface area contributed by atoms with Crippen LogP contribution in [0.4, 0.5) is 13.2 Å². The van der Waals surface area contributed by atoms with Crippen LogP contribution < -0.4 is 0 Å². The van der Waals surface area contributed by atoms with Gasteiger partial charge in [-0.15, -0.1) is 0 Å². The lowest BCUT2D eigenvalue weighted by Gasteiger charge is -2.06. The topological polar surface area (TPSA) is 25.8 Å². The van der Waals surface area contributed by atoms with Crippen LogP contribution >= 0.6 is 0 Å². The minimum absolute atomic E-state index is 0.277. The van der Waals surface area contributed by atoms with Gasteiger partial charge in [-0.05, 0) is 41.7 Å². The molecular weight excluding hydrogens is 325 g/mol. The Balaban J connectivity index is 1.82. The molecule has 0 spiro atoms. The third kappa shape index (κ3) is 3.87. The summed E-state index contributed by atoms with van der Waals surface area (Å²) in [6, 6.07) is 8.91. The number of nitrogens with zero attached hydrogens (tertiary/aromatic N) is 2. The second kappa shape index (κ2) is 7.47. The lowest BCUT2D eigenvalue weighted by Crippen LogP contribution is -1.94. The summed E-state index contributed by atoms with van der Waals surface area (Å²) in [7, 11) is 0. The molecule has 0 fully saturated rings. The molecule has 0 amide bonds. The zero-order chi connectivity index (χ0) is 17.8. The number of benzene rings is 2. The van der Waals surface area contributed by atoms with Gasteiger partial charge in [0.2, 0.25) is 0 Å². The van der Waals surface area contributed by atoms with E-state index in [2.05, 4.69) is 16.9 Å². The van der Waals surface area contributed by atoms with Crippen molar-refractivity contribution >= 4 is 0 Å². The molecule has 3 aromatic rings. The first-order valence-electron chi connectivity index (χ1n) is 8.14. The van der Waals surface area contributed by atoms with Crippen molar-refractivity contribution in [2.75, 3.05) is 0 Å².